The van der Waals surface area contributed by atoms with Gasteiger partial charge in [0.1, 0.15) is 5.76 Å². The summed E-state index contributed by atoms with van der Waals surface area (Å²) in [5.41, 5.74) is 0. The number of furan rings is 1. The molecule has 0 saturated carbocycles. The smallest absolute Gasteiger partial charge is 0.373 e. The summed E-state index contributed by atoms with van der Waals surface area (Å²) in [6, 6.07) is 2.51. The lowest BCUT2D eigenvalue weighted by Crippen LogP contribution is -2.44. The van der Waals surface area contributed by atoms with Crippen molar-refractivity contribution in [3.8, 4) is 0 Å². The molecule has 1 aromatic rings. The van der Waals surface area contributed by atoms with E-state index < -0.39 is 26.6 Å². The molecule has 114 valence electrons. The van der Waals surface area contributed by atoms with Crippen molar-refractivity contribution in [2.75, 3.05) is 19.9 Å². The number of hydrogen-bond acceptors (Lipinski definition) is 6. The van der Waals surface area contributed by atoms with E-state index in [1.807, 2.05) is 6.92 Å². The Labute approximate surface area is 119 Å². The molecule has 0 saturated heterocycles. The molecular weight excluding hydrogens is 282 g/mol. The largest absolute Gasteiger partial charge is 0.463 e. The molecule has 0 bridgehead atoms. The molecule has 0 radical (unpaired) electrons. The van der Waals surface area contributed by atoms with E-state index in [0.717, 1.165) is 0 Å². The number of esters is 1. The zero-order valence-electron chi connectivity index (χ0n) is 12.4. The Morgan fingerprint density at radius 3 is 2.50 bits per heavy atom. The van der Waals surface area contributed by atoms with E-state index >= 15 is 0 Å². The fraction of sp³-hybridized carbons (Fsp3) is 0.615. The van der Waals surface area contributed by atoms with Gasteiger partial charge in [-0.2, -0.15) is 0 Å². The van der Waals surface area contributed by atoms with Crippen LogP contribution in [0.3, 0.4) is 0 Å². The molecule has 7 heteroatoms. The maximum Gasteiger partial charge on any atom is 0.373 e. The highest BCUT2D eigenvalue weighted by molar-refractivity contribution is 7.92. The highest BCUT2D eigenvalue weighted by Gasteiger charge is 2.41. The highest BCUT2D eigenvalue weighted by Crippen LogP contribution is 2.33. The zero-order chi connectivity index (χ0) is 15.6. The van der Waals surface area contributed by atoms with Gasteiger partial charge in [0.05, 0.1) is 17.9 Å². The quantitative estimate of drug-likeness (QED) is 0.802. The molecule has 1 N–H and O–H groups in total. The third-order valence-electron chi connectivity index (χ3n) is 3.36. The molecule has 1 rings (SSSR count). The van der Waals surface area contributed by atoms with Gasteiger partial charge in [-0.1, -0.05) is 6.92 Å². The topological polar surface area (TPSA) is 85.6 Å². The Balaban J connectivity index is 3.21. The van der Waals surface area contributed by atoms with Gasteiger partial charge in [0.2, 0.25) is 5.76 Å². The number of rotatable bonds is 6. The minimum Gasteiger partial charge on any atom is -0.463 e. The lowest BCUT2D eigenvalue weighted by Gasteiger charge is -2.31. The first kappa shape index (κ1) is 16.7. The van der Waals surface area contributed by atoms with Crippen molar-refractivity contribution in [2.45, 2.75) is 31.6 Å². The monoisotopic (exact) mass is 303 g/mol. The Kier molecular flexibility index (Phi) is 4.99. The van der Waals surface area contributed by atoms with E-state index in [1.165, 1.54) is 19.4 Å². The van der Waals surface area contributed by atoms with Gasteiger partial charge in [-0.3, -0.25) is 0 Å². The van der Waals surface area contributed by atoms with Crippen LogP contribution in [0.2, 0.25) is 0 Å². The molecule has 0 aliphatic rings. The molecule has 1 aromatic heterocycles. The van der Waals surface area contributed by atoms with Crippen LogP contribution in [-0.2, 0) is 14.6 Å². The van der Waals surface area contributed by atoms with Crippen molar-refractivity contribution in [3.05, 3.63) is 23.7 Å². The van der Waals surface area contributed by atoms with E-state index in [1.54, 1.807) is 19.9 Å². The fourth-order valence-corrected chi connectivity index (χ4v) is 2.45. The minimum absolute atomic E-state index is 0.0507. The molecule has 0 spiro atoms. The fourth-order valence-electron chi connectivity index (χ4n) is 1.83. The summed E-state index contributed by atoms with van der Waals surface area (Å²) in [6.07, 6.45) is 1.18. The predicted molar refractivity (Wildman–Crippen MR) is 75.4 cm³/mol. The maximum atomic E-state index is 12.0. The second kappa shape index (κ2) is 5.97. The van der Waals surface area contributed by atoms with Gasteiger partial charge in [-0.05, 0) is 32.5 Å². The van der Waals surface area contributed by atoms with E-state index in [0.29, 0.717) is 12.3 Å². The average molecular weight is 303 g/mol. The van der Waals surface area contributed by atoms with Crippen LogP contribution < -0.4 is 5.32 Å². The van der Waals surface area contributed by atoms with Crippen LogP contribution in [-0.4, -0.2) is 39.0 Å². The van der Waals surface area contributed by atoms with Gasteiger partial charge in [0.25, 0.3) is 0 Å². The van der Waals surface area contributed by atoms with Gasteiger partial charge in [-0.15, -0.1) is 0 Å². The summed E-state index contributed by atoms with van der Waals surface area (Å²) in [5.74, 6) is -0.152. The Hall–Kier alpha value is -1.34. The van der Waals surface area contributed by atoms with Crippen molar-refractivity contribution in [1.29, 1.82) is 0 Å². The van der Waals surface area contributed by atoms with Crippen LogP contribution in [0.4, 0.5) is 0 Å². The first-order valence-corrected chi connectivity index (χ1v) is 8.15. The van der Waals surface area contributed by atoms with Gasteiger partial charge < -0.3 is 14.5 Å². The number of carbonyl (C=O) groups is 1. The Bertz CT molecular complexity index is 573. The Morgan fingerprint density at radius 1 is 1.45 bits per heavy atom. The van der Waals surface area contributed by atoms with E-state index in [9.17, 15) is 13.2 Å². The van der Waals surface area contributed by atoms with Crippen LogP contribution in [0.25, 0.3) is 0 Å². The van der Waals surface area contributed by atoms with Gasteiger partial charge in [-0.25, -0.2) is 13.2 Å². The summed E-state index contributed by atoms with van der Waals surface area (Å²) < 4.78 is 32.9. The molecular formula is C13H21NO5S. The zero-order valence-corrected chi connectivity index (χ0v) is 13.2. The molecule has 1 unspecified atom stereocenters. The van der Waals surface area contributed by atoms with E-state index in [2.05, 4.69) is 10.1 Å². The number of carbonyl (C=O) groups excluding carboxylic acids is 1. The maximum absolute atomic E-state index is 12.0. The van der Waals surface area contributed by atoms with Crippen molar-refractivity contribution >= 4 is 15.8 Å². The van der Waals surface area contributed by atoms with E-state index in [4.69, 9.17) is 4.42 Å². The second-order valence-electron chi connectivity index (χ2n) is 5.06. The summed E-state index contributed by atoms with van der Waals surface area (Å²) in [6.45, 7) is 5.68. The molecule has 6 nitrogen and oxygen atoms in total. The molecule has 0 fully saturated rings. The number of hydrogen-bond donors (Lipinski definition) is 1. The molecule has 0 amide bonds. The lowest BCUT2D eigenvalue weighted by molar-refractivity contribution is 0.0561. The first-order chi connectivity index (χ1) is 9.15. The molecule has 20 heavy (non-hydrogen) atoms. The third-order valence-corrected chi connectivity index (χ3v) is 5.50. The van der Waals surface area contributed by atoms with Crippen molar-refractivity contribution < 1.29 is 22.4 Å². The van der Waals surface area contributed by atoms with Crippen LogP contribution >= 0.6 is 0 Å². The molecule has 0 aliphatic carbocycles. The number of methoxy groups -OCH3 is 1. The normalized spacial score (nSPS) is 14.1. The Morgan fingerprint density at radius 2 is 2.05 bits per heavy atom. The van der Waals surface area contributed by atoms with Gasteiger partial charge in [0.15, 0.2) is 9.84 Å². The molecule has 1 atom stereocenters. The van der Waals surface area contributed by atoms with Crippen LogP contribution in [0.15, 0.2) is 16.5 Å². The van der Waals surface area contributed by atoms with Gasteiger partial charge in [0, 0.05) is 6.26 Å². The molecule has 0 aromatic carbocycles. The van der Waals surface area contributed by atoms with Crippen molar-refractivity contribution in [1.82, 2.24) is 5.32 Å². The highest BCUT2D eigenvalue weighted by atomic mass is 32.2. The number of sulfone groups is 1. The summed E-state index contributed by atoms with van der Waals surface area (Å²) in [4.78, 5) is 11.4. The van der Waals surface area contributed by atoms with Crippen LogP contribution in [0.5, 0.6) is 0 Å². The number of nitrogens with one attached hydrogen (secondary N) is 1. The third kappa shape index (κ3) is 3.21. The van der Waals surface area contributed by atoms with Gasteiger partial charge >= 0.3 is 5.97 Å². The lowest BCUT2D eigenvalue weighted by atomic mass is 10.0. The van der Waals surface area contributed by atoms with Crippen LogP contribution in [0, 0.1) is 0 Å². The van der Waals surface area contributed by atoms with Crippen LogP contribution in [0.1, 0.15) is 43.1 Å². The first-order valence-electron chi connectivity index (χ1n) is 6.26. The van der Waals surface area contributed by atoms with E-state index in [-0.39, 0.29) is 5.76 Å². The van der Waals surface area contributed by atoms with Crippen molar-refractivity contribution in [2.24, 2.45) is 0 Å². The average Bonchev–Trinajstić information content (AvgIpc) is 2.82. The molecule has 1 heterocycles. The predicted octanol–water partition coefficient (Wildman–Crippen LogP) is 1.54. The summed E-state index contributed by atoms with van der Waals surface area (Å²) in [5, 5.41) is 3.09. The number of ether oxygens (including phenoxy) is 1. The SMILES string of the molecule is CCNC(c1ccc(C(=O)OC)o1)C(C)(C)S(C)(=O)=O. The summed E-state index contributed by atoms with van der Waals surface area (Å²) in [7, 11) is -2.07. The summed E-state index contributed by atoms with van der Waals surface area (Å²) >= 11 is 0. The van der Waals surface area contributed by atoms with Crippen molar-refractivity contribution in [3.63, 3.8) is 0 Å². The second-order valence-corrected chi connectivity index (χ2v) is 7.66. The standard InChI is InChI=1S/C13H21NO5S/c1-6-14-11(13(2,3)20(5,16)17)9-7-8-10(19-9)12(15)18-4/h7-8,11,14H,6H2,1-5H3. The molecule has 0 aliphatic heterocycles. The minimum atomic E-state index is -3.33.